The molecule has 0 aliphatic carbocycles. The highest BCUT2D eigenvalue weighted by atomic mass is 79.9. The molecule has 2 aromatic heterocycles. The summed E-state index contributed by atoms with van der Waals surface area (Å²) in [6.45, 7) is 1.79. The van der Waals surface area contributed by atoms with Crippen LogP contribution in [-0.2, 0) is 0 Å². The van der Waals surface area contributed by atoms with Crippen LogP contribution in [0, 0.1) is 0 Å². The molecule has 1 aliphatic rings. The van der Waals surface area contributed by atoms with Crippen molar-refractivity contribution < 1.29 is 4.74 Å². The van der Waals surface area contributed by atoms with Gasteiger partial charge in [0, 0.05) is 43.8 Å². The van der Waals surface area contributed by atoms with Gasteiger partial charge < -0.3 is 9.64 Å². The maximum atomic E-state index is 6.06. The van der Waals surface area contributed by atoms with Crippen LogP contribution >= 0.6 is 27.5 Å². The summed E-state index contributed by atoms with van der Waals surface area (Å²) < 4.78 is 6.96. The van der Waals surface area contributed by atoms with Crippen LogP contribution in [0.25, 0.3) is 0 Å². The Labute approximate surface area is 130 Å². The molecule has 0 saturated carbocycles. The predicted molar refractivity (Wildman–Crippen MR) is 82.4 cm³/mol. The molecule has 3 heterocycles. The van der Waals surface area contributed by atoms with Gasteiger partial charge in [-0.2, -0.15) is 0 Å². The lowest BCUT2D eigenvalue weighted by Crippen LogP contribution is -2.24. The van der Waals surface area contributed by atoms with Gasteiger partial charge in [-0.25, -0.2) is 0 Å². The Kier molecular flexibility index (Phi) is 4.08. The molecule has 4 nitrogen and oxygen atoms in total. The molecule has 1 unspecified atom stereocenters. The minimum absolute atomic E-state index is 0.134. The van der Waals surface area contributed by atoms with Gasteiger partial charge in [0.15, 0.2) is 0 Å². The third-order valence-corrected chi connectivity index (χ3v) is 4.16. The first kappa shape index (κ1) is 13.6. The number of ether oxygens (including phenoxy) is 1. The highest BCUT2D eigenvalue weighted by molar-refractivity contribution is 9.10. The van der Waals surface area contributed by atoms with Crippen LogP contribution in [0.2, 0.25) is 5.02 Å². The molecule has 20 heavy (non-hydrogen) atoms. The molecule has 0 aromatic carbocycles. The minimum atomic E-state index is 0.134. The second-order valence-electron chi connectivity index (χ2n) is 4.61. The highest BCUT2D eigenvalue weighted by Crippen LogP contribution is 2.30. The van der Waals surface area contributed by atoms with Gasteiger partial charge >= 0.3 is 0 Å². The number of aromatic nitrogens is 2. The van der Waals surface area contributed by atoms with Gasteiger partial charge in [0.05, 0.1) is 16.7 Å². The maximum absolute atomic E-state index is 6.06. The van der Waals surface area contributed by atoms with Crippen molar-refractivity contribution >= 4 is 33.2 Å². The molecule has 1 aliphatic heterocycles. The summed E-state index contributed by atoms with van der Waals surface area (Å²) in [5.41, 5.74) is 1.15. The molecule has 0 radical (unpaired) electrons. The van der Waals surface area contributed by atoms with Crippen LogP contribution in [-0.4, -0.2) is 29.2 Å². The fourth-order valence-electron chi connectivity index (χ4n) is 2.31. The quantitative estimate of drug-likeness (QED) is 0.845. The molecule has 104 valence electrons. The summed E-state index contributed by atoms with van der Waals surface area (Å²) >= 11 is 9.59. The molecule has 1 fully saturated rings. The van der Waals surface area contributed by atoms with E-state index in [0.29, 0.717) is 10.8 Å². The number of rotatable bonds is 3. The van der Waals surface area contributed by atoms with Gasteiger partial charge in [-0.15, -0.1) is 0 Å². The van der Waals surface area contributed by atoms with E-state index in [1.165, 1.54) is 0 Å². The predicted octanol–water partition coefficient (Wildman–Crippen LogP) is 3.55. The third-order valence-electron chi connectivity index (χ3n) is 3.27. The van der Waals surface area contributed by atoms with Crippen molar-refractivity contribution in [3.8, 4) is 5.75 Å². The van der Waals surface area contributed by atoms with Gasteiger partial charge in [0.2, 0.25) is 0 Å². The molecule has 0 bridgehead atoms. The number of nitrogens with zero attached hydrogens (tertiary/aromatic N) is 3. The lowest BCUT2D eigenvalue weighted by molar-refractivity contribution is 0.225. The zero-order chi connectivity index (χ0) is 13.9. The summed E-state index contributed by atoms with van der Waals surface area (Å²) in [6.07, 6.45) is 8.00. The molecule has 0 amide bonds. The monoisotopic (exact) mass is 353 g/mol. The summed E-state index contributed by atoms with van der Waals surface area (Å²) in [5.74, 6) is 0.697. The van der Waals surface area contributed by atoms with E-state index in [2.05, 4.69) is 30.8 Å². The van der Waals surface area contributed by atoms with E-state index in [1.54, 1.807) is 24.7 Å². The zero-order valence-corrected chi connectivity index (χ0v) is 13.0. The van der Waals surface area contributed by atoms with E-state index >= 15 is 0 Å². The van der Waals surface area contributed by atoms with Crippen LogP contribution in [0.15, 0.2) is 41.4 Å². The van der Waals surface area contributed by atoms with Crippen molar-refractivity contribution in [1.29, 1.82) is 0 Å². The first-order chi connectivity index (χ1) is 9.74. The molecule has 3 rings (SSSR count). The number of hydrogen-bond donors (Lipinski definition) is 0. The average molecular weight is 355 g/mol. The van der Waals surface area contributed by atoms with Crippen LogP contribution in [0.5, 0.6) is 5.75 Å². The Bertz CT molecular complexity index is 610. The van der Waals surface area contributed by atoms with E-state index in [9.17, 15) is 0 Å². The number of anilines is 1. The van der Waals surface area contributed by atoms with E-state index < -0.39 is 0 Å². The Hall–Kier alpha value is -1.33. The second kappa shape index (κ2) is 5.97. The van der Waals surface area contributed by atoms with Crippen LogP contribution in [0.1, 0.15) is 6.42 Å². The van der Waals surface area contributed by atoms with Crippen molar-refractivity contribution in [3.63, 3.8) is 0 Å². The fraction of sp³-hybridized carbons (Fsp3) is 0.286. The van der Waals surface area contributed by atoms with Gasteiger partial charge in [0.25, 0.3) is 0 Å². The average Bonchev–Trinajstić information content (AvgIpc) is 2.90. The standard InChI is InChI=1S/C14H13BrClN3O/c15-11-7-17-4-1-13(11)19-6-3-10(9-19)20-14-2-5-18-8-12(14)16/h1-2,4-5,7-8,10H,3,6,9H2. The number of halogens is 2. The van der Waals surface area contributed by atoms with Crippen molar-refractivity contribution in [2.75, 3.05) is 18.0 Å². The molecular formula is C14H13BrClN3O. The van der Waals surface area contributed by atoms with Crippen molar-refractivity contribution in [1.82, 2.24) is 9.97 Å². The smallest absolute Gasteiger partial charge is 0.141 e. The van der Waals surface area contributed by atoms with Gasteiger partial charge in [0.1, 0.15) is 16.9 Å². The molecule has 0 N–H and O–H groups in total. The van der Waals surface area contributed by atoms with E-state index in [4.69, 9.17) is 16.3 Å². The molecule has 1 atom stereocenters. The Balaban J connectivity index is 1.69. The van der Waals surface area contributed by atoms with Crippen LogP contribution in [0.3, 0.4) is 0 Å². The van der Waals surface area contributed by atoms with Crippen LogP contribution < -0.4 is 9.64 Å². The van der Waals surface area contributed by atoms with E-state index in [-0.39, 0.29) is 6.10 Å². The number of pyridine rings is 2. The number of hydrogen-bond acceptors (Lipinski definition) is 4. The Morgan fingerprint density at radius 2 is 2.05 bits per heavy atom. The van der Waals surface area contributed by atoms with Crippen molar-refractivity contribution in [3.05, 3.63) is 46.4 Å². The molecule has 0 spiro atoms. The SMILES string of the molecule is Clc1cnccc1OC1CCN(c2ccncc2Br)C1. The van der Waals surface area contributed by atoms with Gasteiger partial charge in [-0.05, 0) is 22.0 Å². The first-order valence-electron chi connectivity index (χ1n) is 6.34. The topological polar surface area (TPSA) is 38.2 Å². The molecule has 1 saturated heterocycles. The maximum Gasteiger partial charge on any atom is 0.141 e. The van der Waals surface area contributed by atoms with Crippen LogP contribution in [0.4, 0.5) is 5.69 Å². The van der Waals surface area contributed by atoms with Gasteiger partial charge in [-0.3, -0.25) is 9.97 Å². The minimum Gasteiger partial charge on any atom is -0.487 e. The van der Waals surface area contributed by atoms with Gasteiger partial charge in [-0.1, -0.05) is 11.6 Å². The summed E-state index contributed by atoms with van der Waals surface area (Å²) in [6, 6.07) is 3.80. The Morgan fingerprint density at radius 3 is 2.85 bits per heavy atom. The largest absolute Gasteiger partial charge is 0.487 e. The normalized spacial score (nSPS) is 18.3. The zero-order valence-electron chi connectivity index (χ0n) is 10.7. The lowest BCUT2D eigenvalue weighted by Gasteiger charge is -2.20. The summed E-state index contributed by atoms with van der Waals surface area (Å²) in [5, 5.41) is 0.552. The lowest BCUT2D eigenvalue weighted by atomic mass is 10.3. The summed E-state index contributed by atoms with van der Waals surface area (Å²) in [4.78, 5) is 10.3. The highest BCUT2D eigenvalue weighted by Gasteiger charge is 2.25. The fourth-order valence-corrected chi connectivity index (χ4v) is 2.97. The first-order valence-corrected chi connectivity index (χ1v) is 7.52. The molecule has 2 aromatic rings. The molecule has 6 heteroatoms. The third kappa shape index (κ3) is 2.88. The summed E-state index contributed by atoms with van der Waals surface area (Å²) in [7, 11) is 0. The van der Waals surface area contributed by atoms with Crippen molar-refractivity contribution in [2.45, 2.75) is 12.5 Å². The Morgan fingerprint density at radius 1 is 1.25 bits per heavy atom. The van der Waals surface area contributed by atoms with E-state index in [0.717, 1.165) is 29.7 Å². The second-order valence-corrected chi connectivity index (χ2v) is 5.87. The molecular weight excluding hydrogens is 342 g/mol. The van der Waals surface area contributed by atoms with Crippen molar-refractivity contribution in [2.24, 2.45) is 0 Å². The van der Waals surface area contributed by atoms with E-state index in [1.807, 2.05) is 12.3 Å².